The number of nitrogens with one attached hydrogen (secondary N) is 1. The van der Waals surface area contributed by atoms with Gasteiger partial charge in [-0.1, -0.05) is 18.2 Å². The lowest BCUT2D eigenvalue weighted by molar-refractivity contribution is -0.135. The van der Waals surface area contributed by atoms with Crippen LogP contribution in [0.25, 0.3) is 0 Å². The van der Waals surface area contributed by atoms with Gasteiger partial charge in [-0.25, -0.2) is 4.79 Å². The number of carbonyl (C=O) groups excluding carboxylic acids is 3. The van der Waals surface area contributed by atoms with Crippen molar-refractivity contribution >= 4 is 23.5 Å². The van der Waals surface area contributed by atoms with Gasteiger partial charge in [-0.05, 0) is 18.1 Å². The van der Waals surface area contributed by atoms with Crippen molar-refractivity contribution in [3.05, 3.63) is 42.0 Å². The summed E-state index contributed by atoms with van der Waals surface area (Å²) in [6.07, 6.45) is 3.03. The number of nitrogens with zero attached hydrogens (tertiary/aromatic N) is 1. The van der Waals surface area contributed by atoms with E-state index >= 15 is 0 Å². The minimum atomic E-state index is -0.570. The molecule has 1 aromatic rings. The number of methoxy groups -OCH3 is 1. The molecule has 0 aliphatic carbocycles. The largest absolute Gasteiger partial charge is 0.466 e. The highest BCUT2D eigenvalue weighted by molar-refractivity contribution is 6.05. The van der Waals surface area contributed by atoms with Crippen molar-refractivity contribution < 1.29 is 23.9 Å². The summed E-state index contributed by atoms with van der Waals surface area (Å²) in [5.41, 5.74) is 1.89. The van der Waals surface area contributed by atoms with E-state index in [9.17, 15) is 14.4 Å². The Morgan fingerprint density at radius 3 is 2.92 bits per heavy atom. The van der Waals surface area contributed by atoms with E-state index in [0.717, 1.165) is 17.3 Å². The van der Waals surface area contributed by atoms with Crippen LogP contribution in [0.15, 0.2) is 36.4 Å². The van der Waals surface area contributed by atoms with Crippen LogP contribution in [0.2, 0.25) is 0 Å². The van der Waals surface area contributed by atoms with Crippen molar-refractivity contribution in [1.82, 2.24) is 5.32 Å². The first kappa shape index (κ1) is 17.2. The number of hydrogen-bond donors (Lipinski definition) is 1. The minimum Gasteiger partial charge on any atom is -0.466 e. The molecule has 1 fully saturated rings. The first-order valence-corrected chi connectivity index (χ1v) is 8.12. The number of ether oxygens (including phenoxy) is 2. The lowest BCUT2D eigenvalue weighted by atomic mass is 9.94. The molecule has 1 N–H and O–H groups in total. The Bertz CT molecular complexity index is 715. The van der Waals surface area contributed by atoms with Crippen LogP contribution in [0.1, 0.15) is 17.9 Å². The smallest absolute Gasteiger partial charge is 0.330 e. The van der Waals surface area contributed by atoms with Gasteiger partial charge >= 0.3 is 5.97 Å². The first-order valence-electron chi connectivity index (χ1n) is 8.12. The van der Waals surface area contributed by atoms with Gasteiger partial charge in [0.2, 0.25) is 5.91 Å². The SMILES string of the molecule is COC(=O)/C=C/C(=O)N1CC(CC2COCC(=O)N2)c2ccccc21. The Hall–Kier alpha value is -2.67. The summed E-state index contributed by atoms with van der Waals surface area (Å²) in [6.45, 7) is 1.07. The van der Waals surface area contributed by atoms with E-state index in [0.29, 0.717) is 19.6 Å². The first-order chi connectivity index (χ1) is 12.1. The van der Waals surface area contributed by atoms with Crippen LogP contribution < -0.4 is 10.2 Å². The molecule has 2 amide bonds. The number of rotatable bonds is 4. The highest BCUT2D eigenvalue weighted by Crippen LogP contribution is 2.38. The number of para-hydroxylation sites is 1. The molecule has 1 aromatic carbocycles. The highest BCUT2D eigenvalue weighted by Gasteiger charge is 2.33. The quantitative estimate of drug-likeness (QED) is 0.644. The van der Waals surface area contributed by atoms with E-state index in [-0.39, 0.29) is 30.4 Å². The Labute approximate surface area is 145 Å². The van der Waals surface area contributed by atoms with Crippen molar-refractivity contribution in [2.24, 2.45) is 0 Å². The number of anilines is 1. The maximum absolute atomic E-state index is 12.5. The van der Waals surface area contributed by atoms with Crippen LogP contribution >= 0.6 is 0 Å². The normalized spacial score (nSPS) is 22.6. The third-order valence-corrected chi connectivity index (χ3v) is 4.39. The van der Waals surface area contributed by atoms with Crippen LogP contribution in [0, 0.1) is 0 Å². The number of esters is 1. The minimum absolute atomic E-state index is 0.0695. The van der Waals surface area contributed by atoms with Gasteiger partial charge in [-0.15, -0.1) is 0 Å². The zero-order chi connectivity index (χ0) is 17.8. The number of amides is 2. The summed E-state index contributed by atoms with van der Waals surface area (Å²) in [5, 5.41) is 2.92. The van der Waals surface area contributed by atoms with Gasteiger partial charge < -0.3 is 19.7 Å². The Kier molecular flexibility index (Phi) is 5.14. The van der Waals surface area contributed by atoms with E-state index in [1.165, 1.54) is 13.2 Å². The van der Waals surface area contributed by atoms with E-state index in [1.54, 1.807) is 4.90 Å². The average molecular weight is 344 g/mol. The van der Waals surface area contributed by atoms with E-state index in [2.05, 4.69) is 10.1 Å². The zero-order valence-corrected chi connectivity index (χ0v) is 13.9. The third kappa shape index (κ3) is 3.88. The molecular weight excluding hydrogens is 324 g/mol. The summed E-state index contributed by atoms with van der Waals surface area (Å²) in [4.78, 5) is 36.8. The molecule has 7 nitrogen and oxygen atoms in total. The molecule has 0 radical (unpaired) electrons. The Morgan fingerprint density at radius 1 is 1.36 bits per heavy atom. The molecule has 2 aliphatic heterocycles. The summed E-state index contributed by atoms with van der Waals surface area (Å²) in [5.74, 6) is -0.862. The van der Waals surface area contributed by atoms with Crippen LogP contribution in [0.3, 0.4) is 0 Å². The number of hydrogen-bond acceptors (Lipinski definition) is 5. The van der Waals surface area contributed by atoms with Crippen molar-refractivity contribution in [3.63, 3.8) is 0 Å². The van der Waals surface area contributed by atoms with E-state index in [4.69, 9.17) is 4.74 Å². The van der Waals surface area contributed by atoms with Gasteiger partial charge in [0.1, 0.15) is 6.61 Å². The standard InChI is InChI=1S/C18H20N2O5/c1-24-18(23)7-6-17(22)20-9-12(14-4-2-3-5-15(14)20)8-13-10-25-11-16(21)19-13/h2-7,12-13H,8-11H2,1H3,(H,19,21)/b7-6+. The molecule has 2 unspecified atom stereocenters. The number of morpholine rings is 1. The lowest BCUT2D eigenvalue weighted by Gasteiger charge is -2.26. The van der Waals surface area contributed by atoms with Crippen LogP contribution in [-0.4, -0.2) is 50.7 Å². The zero-order valence-electron chi connectivity index (χ0n) is 13.9. The second-order valence-corrected chi connectivity index (χ2v) is 6.08. The summed E-state index contributed by atoms with van der Waals surface area (Å²) in [7, 11) is 1.26. The van der Waals surface area contributed by atoms with Crippen molar-refractivity contribution in [2.45, 2.75) is 18.4 Å². The van der Waals surface area contributed by atoms with Crippen LogP contribution in [0.5, 0.6) is 0 Å². The molecule has 25 heavy (non-hydrogen) atoms. The molecule has 7 heteroatoms. The number of benzene rings is 1. The van der Waals surface area contributed by atoms with Crippen LogP contribution in [-0.2, 0) is 23.9 Å². The Balaban J connectivity index is 1.75. The molecule has 2 heterocycles. The molecule has 0 saturated carbocycles. The fraction of sp³-hybridized carbons (Fsp3) is 0.389. The van der Waals surface area contributed by atoms with Gasteiger partial charge in [0.25, 0.3) is 5.91 Å². The van der Waals surface area contributed by atoms with Gasteiger partial charge in [0, 0.05) is 30.3 Å². The lowest BCUT2D eigenvalue weighted by Crippen LogP contribution is -2.46. The maximum Gasteiger partial charge on any atom is 0.330 e. The predicted octanol–water partition coefficient (Wildman–Crippen LogP) is 0.751. The van der Waals surface area contributed by atoms with Crippen molar-refractivity contribution in [1.29, 1.82) is 0 Å². The second kappa shape index (κ2) is 7.48. The van der Waals surface area contributed by atoms with Gasteiger partial charge in [0.15, 0.2) is 0 Å². The highest BCUT2D eigenvalue weighted by atomic mass is 16.5. The summed E-state index contributed by atoms with van der Waals surface area (Å²) < 4.78 is 9.80. The molecule has 2 atom stereocenters. The number of fused-ring (bicyclic) bond motifs is 1. The molecule has 0 aromatic heterocycles. The number of carbonyl (C=O) groups is 3. The van der Waals surface area contributed by atoms with Gasteiger partial charge in [-0.2, -0.15) is 0 Å². The molecule has 2 aliphatic rings. The summed E-state index contributed by atoms with van der Waals surface area (Å²) >= 11 is 0. The van der Waals surface area contributed by atoms with E-state index < -0.39 is 5.97 Å². The fourth-order valence-corrected chi connectivity index (χ4v) is 3.28. The maximum atomic E-state index is 12.5. The molecular formula is C18H20N2O5. The Morgan fingerprint density at radius 2 is 2.16 bits per heavy atom. The topological polar surface area (TPSA) is 84.9 Å². The second-order valence-electron chi connectivity index (χ2n) is 6.08. The molecule has 1 saturated heterocycles. The van der Waals surface area contributed by atoms with Crippen LogP contribution in [0.4, 0.5) is 5.69 Å². The fourth-order valence-electron chi connectivity index (χ4n) is 3.28. The van der Waals surface area contributed by atoms with Gasteiger partial charge in [-0.3, -0.25) is 9.59 Å². The van der Waals surface area contributed by atoms with Crippen molar-refractivity contribution in [3.8, 4) is 0 Å². The predicted molar refractivity (Wildman–Crippen MR) is 90.1 cm³/mol. The molecule has 0 spiro atoms. The molecule has 0 bridgehead atoms. The molecule has 132 valence electrons. The van der Waals surface area contributed by atoms with E-state index in [1.807, 2.05) is 24.3 Å². The van der Waals surface area contributed by atoms with Gasteiger partial charge in [0.05, 0.1) is 19.8 Å². The molecule has 3 rings (SSSR count). The average Bonchev–Trinajstić information content (AvgIpc) is 2.98. The third-order valence-electron chi connectivity index (χ3n) is 4.39. The van der Waals surface area contributed by atoms with Crippen molar-refractivity contribution in [2.75, 3.05) is 31.8 Å². The summed E-state index contributed by atoms with van der Waals surface area (Å²) in [6, 6.07) is 7.61. The monoisotopic (exact) mass is 344 g/mol.